The summed E-state index contributed by atoms with van der Waals surface area (Å²) in [6.45, 7) is 0. The molecule has 0 aliphatic carbocycles. The van der Waals surface area contributed by atoms with Crippen LogP contribution in [0.25, 0.3) is 0 Å². The largest absolute Gasteiger partial charge is 1.00 e. The number of nitrogens with zero attached hydrogens (tertiary/aromatic N) is 2. The minimum Gasteiger partial charge on any atom is -0.543 e. The molecule has 1 aromatic heterocycles. The van der Waals surface area contributed by atoms with Crippen LogP contribution in [0.5, 0.6) is 0 Å². The van der Waals surface area contributed by atoms with E-state index >= 15 is 0 Å². The first-order valence-electron chi connectivity index (χ1n) is 2.86. The van der Waals surface area contributed by atoms with Crippen LogP contribution in [0.15, 0.2) is 12.4 Å². The quantitative estimate of drug-likeness (QED) is 0.429. The van der Waals surface area contributed by atoms with E-state index in [1.165, 1.54) is 0 Å². The van der Waals surface area contributed by atoms with E-state index in [-0.39, 0.29) is 29.6 Å². The van der Waals surface area contributed by atoms with E-state index in [0.717, 1.165) is 12.4 Å². The fourth-order valence-corrected chi connectivity index (χ4v) is 0.637. The molecule has 62 valence electrons. The summed E-state index contributed by atoms with van der Waals surface area (Å²) < 4.78 is 0. The second-order valence-corrected chi connectivity index (χ2v) is 1.83. The maximum atomic E-state index is 10.2. The third-order valence-electron chi connectivity index (χ3n) is 1.08. The van der Waals surface area contributed by atoms with Gasteiger partial charge in [-0.3, -0.25) is 9.97 Å². The van der Waals surface area contributed by atoms with Crippen LogP contribution in [0, 0.1) is 0 Å². The average Bonchev–Trinajstić information content (AvgIpc) is 2.04. The fourth-order valence-electron chi connectivity index (χ4n) is 0.637. The summed E-state index contributed by atoms with van der Waals surface area (Å²) in [5.41, 5.74) is -1.45. The Morgan fingerprint density at radius 1 is 1.00 bits per heavy atom. The molecule has 13 heavy (non-hydrogen) atoms. The molecule has 0 fully saturated rings. The Morgan fingerprint density at radius 2 is 1.31 bits per heavy atom. The van der Waals surface area contributed by atoms with E-state index in [1.807, 2.05) is 0 Å². The standard InChI is InChI=1S/C6H4N2O4.Na/c9-5(10)3-4(6(11)12)8-2-1-7-3;/h1-2H,(H,9,10)(H,11,12);/q;+1/p-2. The van der Waals surface area contributed by atoms with Gasteiger partial charge < -0.3 is 19.8 Å². The number of carboxylic acids is 2. The topological polar surface area (TPSA) is 106 Å². The molecule has 0 aliphatic rings. The smallest absolute Gasteiger partial charge is 0.543 e. The third-order valence-corrected chi connectivity index (χ3v) is 1.08. The SMILES string of the molecule is O=C([O-])c1nccnc1C(=O)[O-].[Na+]. The zero-order chi connectivity index (χ0) is 9.14. The summed E-state index contributed by atoms with van der Waals surface area (Å²) in [6.07, 6.45) is 2.11. The Labute approximate surface area is 94.9 Å². The second-order valence-electron chi connectivity index (χ2n) is 1.83. The van der Waals surface area contributed by atoms with Crippen LogP contribution in [0.3, 0.4) is 0 Å². The minimum absolute atomic E-state index is 0. The van der Waals surface area contributed by atoms with Gasteiger partial charge >= 0.3 is 29.6 Å². The van der Waals surface area contributed by atoms with Crippen molar-refractivity contribution < 1.29 is 49.4 Å². The summed E-state index contributed by atoms with van der Waals surface area (Å²) in [5, 5.41) is 20.4. The Bertz CT molecular complexity index is 308. The predicted octanol–water partition coefficient (Wildman–Crippen LogP) is -5.79. The molecule has 0 atom stereocenters. The van der Waals surface area contributed by atoms with Crippen LogP contribution in [0.2, 0.25) is 0 Å². The van der Waals surface area contributed by atoms with Gasteiger partial charge in [0.2, 0.25) is 0 Å². The third kappa shape index (κ3) is 2.76. The van der Waals surface area contributed by atoms with Gasteiger partial charge in [-0.2, -0.15) is 0 Å². The molecule has 7 heteroatoms. The summed E-state index contributed by atoms with van der Waals surface area (Å²) in [6, 6.07) is 0. The average molecular weight is 189 g/mol. The maximum Gasteiger partial charge on any atom is 1.00 e. The Morgan fingerprint density at radius 3 is 1.54 bits per heavy atom. The van der Waals surface area contributed by atoms with Crippen LogP contribution < -0.4 is 39.8 Å². The molecule has 1 aromatic rings. The van der Waals surface area contributed by atoms with Crippen molar-refractivity contribution in [3.8, 4) is 0 Å². The van der Waals surface area contributed by atoms with Gasteiger partial charge in [0.05, 0.1) is 11.9 Å². The van der Waals surface area contributed by atoms with Crippen LogP contribution in [-0.4, -0.2) is 21.9 Å². The van der Waals surface area contributed by atoms with Crippen molar-refractivity contribution in [2.24, 2.45) is 0 Å². The van der Waals surface area contributed by atoms with Gasteiger partial charge in [0.25, 0.3) is 0 Å². The second kappa shape index (κ2) is 4.90. The molecule has 0 unspecified atom stereocenters. The Balaban J connectivity index is 0.00000144. The van der Waals surface area contributed by atoms with Gasteiger partial charge in [0, 0.05) is 12.4 Å². The molecule has 0 N–H and O–H groups in total. The van der Waals surface area contributed by atoms with Crippen LogP contribution in [-0.2, 0) is 0 Å². The minimum atomic E-state index is -1.69. The first-order valence-corrected chi connectivity index (χ1v) is 2.86. The van der Waals surface area contributed by atoms with E-state index in [4.69, 9.17) is 0 Å². The monoisotopic (exact) mass is 189 g/mol. The molecule has 0 amide bonds. The summed E-state index contributed by atoms with van der Waals surface area (Å²) in [4.78, 5) is 27.0. The first kappa shape index (κ1) is 12.0. The number of aromatic carboxylic acids is 2. The molecule has 1 rings (SSSR count). The zero-order valence-corrected chi connectivity index (χ0v) is 8.68. The molecule has 0 radical (unpaired) electrons. The maximum absolute atomic E-state index is 10.2. The molecular weight excluding hydrogens is 187 g/mol. The molecular formula is C6H2N2NaO4-. The van der Waals surface area contributed by atoms with Crippen molar-refractivity contribution >= 4 is 11.9 Å². The Hall–Kier alpha value is -0.980. The van der Waals surface area contributed by atoms with Crippen molar-refractivity contribution in [1.29, 1.82) is 0 Å². The zero-order valence-electron chi connectivity index (χ0n) is 6.68. The van der Waals surface area contributed by atoms with Crippen LogP contribution in [0.4, 0.5) is 0 Å². The summed E-state index contributed by atoms with van der Waals surface area (Å²) in [5.74, 6) is -3.38. The molecule has 0 aliphatic heterocycles. The van der Waals surface area contributed by atoms with E-state index in [1.54, 1.807) is 0 Å². The van der Waals surface area contributed by atoms with Gasteiger partial charge in [0.15, 0.2) is 0 Å². The predicted molar refractivity (Wildman–Crippen MR) is 30.7 cm³/mol. The first-order chi connectivity index (χ1) is 5.63. The van der Waals surface area contributed by atoms with E-state index < -0.39 is 23.3 Å². The number of carbonyl (C=O) groups excluding carboxylic acids is 2. The molecule has 0 bridgehead atoms. The van der Waals surface area contributed by atoms with Gasteiger partial charge in [-0.25, -0.2) is 0 Å². The number of aromatic nitrogens is 2. The normalized spacial score (nSPS) is 8.62. The van der Waals surface area contributed by atoms with Crippen LogP contribution >= 0.6 is 0 Å². The molecule has 0 saturated heterocycles. The molecule has 1 heterocycles. The van der Waals surface area contributed by atoms with Gasteiger partial charge in [-0.15, -0.1) is 0 Å². The van der Waals surface area contributed by atoms with E-state index in [0.29, 0.717) is 0 Å². The molecule has 6 nitrogen and oxygen atoms in total. The van der Waals surface area contributed by atoms with Gasteiger partial charge in [0.1, 0.15) is 11.4 Å². The number of hydrogen-bond donors (Lipinski definition) is 0. The Kier molecular flexibility index (Phi) is 4.53. The summed E-state index contributed by atoms with van der Waals surface area (Å²) >= 11 is 0. The number of rotatable bonds is 2. The van der Waals surface area contributed by atoms with Crippen molar-refractivity contribution in [3.63, 3.8) is 0 Å². The van der Waals surface area contributed by atoms with E-state index in [2.05, 4.69) is 9.97 Å². The van der Waals surface area contributed by atoms with Gasteiger partial charge in [-0.05, 0) is 0 Å². The van der Waals surface area contributed by atoms with Crippen molar-refractivity contribution in [2.75, 3.05) is 0 Å². The van der Waals surface area contributed by atoms with Crippen molar-refractivity contribution in [1.82, 2.24) is 9.97 Å². The number of carbonyl (C=O) groups is 2. The number of carboxylic acid groups (broad SMARTS) is 2. The van der Waals surface area contributed by atoms with Crippen molar-refractivity contribution in [2.45, 2.75) is 0 Å². The molecule has 0 saturated carbocycles. The molecule has 0 spiro atoms. The van der Waals surface area contributed by atoms with Gasteiger partial charge in [-0.1, -0.05) is 0 Å². The summed E-state index contributed by atoms with van der Waals surface area (Å²) in [7, 11) is 0. The van der Waals surface area contributed by atoms with Crippen LogP contribution in [0.1, 0.15) is 21.0 Å². The van der Waals surface area contributed by atoms with E-state index in [9.17, 15) is 19.8 Å². The van der Waals surface area contributed by atoms with Crippen molar-refractivity contribution in [3.05, 3.63) is 23.8 Å². The fraction of sp³-hybridized carbons (Fsp3) is 0. The number of hydrogen-bond acceptors (Lipinski definition) is 6. The molecule has 0 aromatic carbocycles.